The monoisotopic (exact) mass is 473 g/mol. The van der Waals surface area contributed by atoms with Gasteiger partial charge in [-0.3, -0.25) is 14.4 Å². The van der Waals surface area contributed by atoms with Crippen LogP contribution in [0, 0.1) is 12.3 Å². The standard InChI is InChI=1S/C22H20ClN3O5S/c1-2-15-4-6-18(32-15)20(28)25-22(7-9-31-13-22)21(29)24-14-3-5-17(16(23)11-14)26-8-10-30-12-19(26)27/h1,3-6,11H,7-10,12-13H2,(H,24,29)(H,25,28)/t22-/m1/s1. The molecule has 1 atom stereocenters. The minimum Gasteiger partial charge on any atom is -0.378 e. The number of ether oxygens (including phenoxy) is 2. The molecule has 2 saturated heterocycles. The number of hydrogen-bond donors (Lipinski definition) is 2. The van der Waals surface area contributed by atoms with Gasteiger partial charge in [-0.1, -0.05) is 17.5 Å². The fourth-order valence-electron chi connectivity index (χ4n) is 3.54. The molecule has 1 aromatic carbocycles. The second kappa shape index (κ2) is 9.30. The van der Waals surface area contributed by atoms with Gasteiger partial charge in [0.25, 0.3) is 17.7 Å². The van der Waals surface area contributed by atoms with Gasteiger partial charge in [-0.25, -0.2) is 0 Å². The topological polar surface area (TPSA) is 97.0 Å². The highest BCUT2D eigenvalue weighted by Crippen LogP contribution is 2.31. The van der Waals surface area contributed by atoms with Gasteiger partial charge in [-0.2, -0.15) is 0 Å². The maximum Gasteiger partial charge on any atom is 0.262 e. The summed E-state index contributed by atoms with van der Waals surface area (Å²) >= 11 is 7.57. The third-order valence-corrected chi connectivity index (χ3v) is 6.58. The molecule has 3 heterocycles. The number of morpholine rings is 1. The SMILES string of the molecule is C#Cc1ccc(C(=O)N[C@]2(C(=O)Nc3ccc(N4CCOCC4=O)c(Cl)c3)CCOC2)s1. The predicted octanol–water partition coefficient (Wildman–Crippen LogP) is 2.27. The Bertz CT molecular complexity index is 1100. The van der Waals surface area contributed by atoms with Gasteiger partial charge in [0.2, 0.25) is 0 Å². The van der Waals surface area contributed by atoms with E-state index in [1.54, 1.807) is 35.2 Å². The molecule has 10 heteroatoms. The van der Waals surface area contributed by atoms with Crippen LogP contribution >= 0.6 is 22.9 Å². The van der Waals surface area contributed by atoms with E-state index >= 15 is 0 Å². The first kappa shape index (κ1) is 22.3. The van der Waals surface area contributed by atoms with Crippen LogP contribution in [0.25, 0.3) is 0 Å². The molecule has 8 nitrogen and oxygen atoms in total. The van der Waals surface area contributed by atoms with Gasteiger partial charge in [0.05, 0.1) is 33.7 Å². The number of nitrogens with one attached hydrogen (secondary N) is 2. The highest BCUT2D eigenvalue weighted by Gasteiger charge is 2.44. The summed E-state index contributed by atoms with van der Waals surface area (Å²) in [5, 5.41) is 5.94. The van der Waals surface area contributed by atoms with Crippen molar-refractivity contribution in [3.63, 3.8) is 0 Å². The summed E-state index contributed by atoms with van der Waals surface area (Å²) in [6, 6.07) is 8.21. The van der Waals surface area contributed by atoms with E-state index in [2.05, 4.69) is 16.6 Å². The number of halogens is 1. The molecule has 0 saturated carbocycles. The lowest BCUT2D eigenvalue weighted by molar-refractivity contribution is -0.125. The van der Waals surface area contributed by atoms with Gasteiger partial charge >= 0.3 is 0 Å². The molecule has 0 radical (unpaired) electrons. The number of carbonyl (C=O) groups excluding carboxylic acids is 3. The molecule has 0 bridgehead atoms. The number of rotatable bonds is 5. The van der Waals surface area contributed by atoms with E-state index in [4.69, 9.17) is 27.5 Å². The lowest BCUT2D eigenvalue weighted by Crippen LogP contribution is -2.57. The minimum atomic E-state index is -1.22. The second-order valence-electron chi connectivity index (χ2n) is 7.37. The Hall–Kier alpha value is -2.90. The zero-order chi connectivity index (χ0) is 22.7. The third kappa shape index (κ3) is 4.49. The number of hydrogen-bond acceptors (Lipinski definition) is 6. The Balaban J connectivity index is 1.49. The summed E-state index contributed by atoms with van der Waals surface area (Å²) in [6.45, 7) is 1.22. The number of amides is 3. The van der Waals surface area contributed by atoms with Crippen LogP contribution in [0.15, 0.2) is 30.3 Å². The first-order chi connectivity index (χ1) is 15.4. The fraction of sp³-hybridized carbons (Fsp3) is 0.318. The van der Waals surface area contributed by atoms with E-state index in [0.29, 0.717) is 52.3 Å². The normalized spacial score (nSPS) is 20.6. The van der Waals surface area contributed by atoms with Crippen LogP contribution in [0.3, 0.4) is 0 Å². The predicted molar refractivity (Wildman–Crippen MR) is 121 cm³/mol. The van der Waals surface area contributed by atoms with Gasteiger partial charge in [0.15, 0.2) is 0 Å². The van der Waals surface area contributed by atoms with Gasteiger partial charge in [0.1, 0.15) is 12.1 Å². The number of nitrogens with zero attached hydrogens (tertiary/aromatic N) is 1. The van der Waals surface area contributed by atoms with E-state index in [1.165, 1.54) is 11.3 Å². The van der Waals surface area contributed by atoms with Crippen LogP contribution in [0.2, 0.25) is 5.02 Å². The van der Waals surface area contributed by atoms with Crippen molar-refractivity contribution in [1.29, 1.82) is 0 Å². The first-order valence-electron chi connectivity index (χ1n) is 9.88. The van der Waals surface area contributed by atoms with Crippen molar-refractivity contribution in [3.05, 3.63) is 45.1 Å². The van der Waals surface area contributed by atoms with E-state index in [9.17, 15) is 14.4 Å². The number of benzene rings is 1. The summed E-state index contributed by atoms with van der Waals surface area (Å²) in [7, 11) is 0. The van der Waals surface area contributed by atoms with Gasteiger partial charge in [-0.15, -0.1) is 17.8 Å². The maximum absolute atomic E-state index is 13.2. The van der Waals surface area contributed by atoms with E-state index in [-0.39, 0.29) is 19.1 Å². The average Bonchev–Trinajstić information content (AvgIpc) is 3.45. The van der Waals surface area contributed by atoms with Crippen LogP contribution in [0.5, 0.6) is 0 Å². The van der Waals surface area contributed by atoms with Gasteiger partial charge in [0, 0.05) is 25.3 Å². The first-order valence-corrected chi connectivity index (χ1v) is 11.1. The molecular formula is C22H20ClN3O5S. The van der Waals surface area contributed by atoms with Gasteiger partial charge in [-0.05, 0) is 30.3 Å². The Kier molecular flexibility index (Phi) is 6.48. The molecule has 0 spiro atoms. The Morgan fingerprint density at radius 2 is 2.06 bits per heavy atom. The molecule has 2 fully saturated rings. The molecule has 32 heavy (non-hydrogen) atoms. The fourth-order valence-corrected chi connectivity index (χ4v) is 4.54. The number of terminal acetylenes is 1. The second-order valence-corrected chi connectivity index (χ2v) is 8.86. The quantitative estimate of drug-likeness (QED) is 0.649. The number of carbonyl (C=O) groups is 3. The minimum absolute atomic E-state index is 0.00408. The number of thiophene rings is 1. The molecule has 0 unspecified atom stereocenters. The molecule has 0 aliphatic carbocycles. The van der Waals surface area contributed by atoms with Crippen LogP contribution in [0.1, 0.15) is 21.0 Å². The van der Waals surface area contributed by atoms with Crippen molar-refractivity contribution in [2.75, 3.05) is 43.2 Å². The summed E-state index contributed by atoms with van der Waals surface area (Å²) in [5.41, 5.74) is -0.231. The lowest BCUT2D eigenvalue weighted by atomic mass is 9.97. The molecule has 2 aliphatic heterocycles. The molecule has 2 aromatic rings. The molecule has 2 N–H and O–H groups in total. The largest absolute Gasteiger partial charge is 0.378 e. The maximum atomic E-state index is 13.2. The molecule has 3 amide bonds. The van der Waals surface area contributed by atoms with Crippen molar-refractivity contribution < 1.29 is 23.9 Å². The molecule has 1 aromatic heterocycles. The van der Waals surface area contributed by atoms with Crippen LogP contribution in [-0.2, 0) is 19.1 Å². The van der Waals surface area contributed by atoms with Crippen molar-refractivity contribution in [3.8, 4) is 12.3 Å². The zero-order valence-electron chi connectivity index (χ0n) is 17.0. The smallest absolute Gasteiger partial charge is 0.262 e. The van der Waals surface area contributed by atoms with Crippen molar-refractivity contribution >= 4 is 52.0 Å². The average molecular weight is 474 g/mol. The van der Waals surface area contributed by atoms with E-state index in [1.807, 2.05) is 0 Å². The Labute approximate surface area is 193 Å². The highest BCUT2D eigenvalue weighted by atomic mass is 35.5. The highest BCUT2D eigenvalue weighted by molar-refractivity contribution is 7.14. The molecule has 166 valence electrons. The summed E-state index contributed by atoms with van der Waals surface area (Å²) in [4.78, 5) is 40.6. The van der Waals surface area contributed by atoms with Crippen LogP contribution in [-0.4, -0.2) is 56.2 Å². The van der Waals surface area contributed by atoms with E-state index < -0.39 is 17.4 Å². The van der Waals surface area contributed by atoms with Crippen molar-refractivity contribution in [1.82, 2.24) is 5.32 Å². The van der Waals surface area contributed by atoms with Gasteiger partial charge < -0.3 is 25.0 Å². The van der Waals surface area contributed by atoms with Crippen molar-refractivity contribution in [2.24, 2.45) is 0 Å². The molecular weight excluding hydrogens is 454 g/mol. The lowest BCUT2D eigenvalue weighted by Gasteiger charge is -2.29. The number of anilines is 2. The van der Waals surface area contributed by atoms with Crippen LogP contribution < -0.4 is 15.5 Å². The Morgan fingerprint density at radius 3 is 2.72 bits per heavy atom. The molecule has 2 aliphatic rings. The van der Waals surface area contributed by atoms with Crippen molar-refractivity contribution in [2.45, 2.75) is 12.0 Å². The summed E-state index contributed by atoms with van der Waals surface area (Å²) in [5.74, 6) is 1.50. The third-order valence-electron chi connectivity index (χ3n) is 5.26. The zero-order valence-corrected chi connectivity index (χ0v) is 18.6. The molecule has 4 rings (SSSR count). The summed E-state index contributed by atoms with van der Waals surface area (Å²) in [6.07, 6.45) is 5.70. The summed E-state index contributed by atoms with van der Waals surface area (Å²) < 4.78 is 10.6. The van der Waals surface area contributed by atoms with Crippen LogP contribution in [0.4, 0.5) is 11.4 Å². The Morgan fingerprint density at radius 1 is 1.22 bits per heavy atom. The van der Waals surface area contributed by atoms with E-state index in [0.717, 1.165) is 0 Å².